The van der Waals surface area contributed by atoms with Crippen LogP contribution in [0.25, 0.3) is 5.57 Å². The van der Waals surface area contributed by atoms with E-state index >= 15 is 0 Å². The number of hydrogen-bond donors (Lipinski definition) is 0. The van der Waals surface area contributed by atoms with Crippen molar-refractivity contribution in [3.05, 3.63) is 40.3 Å². The Kier molecular flexibility index (Phi) is 2.42. The van der Waals surface area contributed by atoms with Gasteiger partial charge in [-0.2, -0.15) is 0 Å². The van der Waals surface area contributed by atoms with E-state index in [2.05, 4.69) is 11.3 Å². The highest BCUT2D eigenvalue weighted by atomic mass is 16.5. The van der Waals surface area contributed by atoms with Gasteiger partial charge in [0.1, 0.15) is 6.04 Å². The fourth-order valence-corrected chi connectivity index (χ4v) is 2.06. The van der Waals surface area contributed by atoms with Crippen LogP contribution in [-0.2, 0) is 9.53 Å². The van der Waals surface area contributed by atoms with Gasteiger partial charge in [0.2, 0.25) is 0 Å². The molecule has 2 heterocycles. The minimum absolute atomic E-state index is 0.177. The number of hydrogen-bond acceptors (Lipinski definition) is 3. The Morgan fingerprint density at radius 3 is 2.88 bits per heavy atom. The van der Waals surface area contributed by atoms with Gasteiger partial charge in [-0.3, -0.25) is 9.36 Å². The van der Waals surface area contributed by atoms with Crippen LogP contribution in [-0.4, -0.2) is 17.6 Å². The molecule has 4 nitrogen and oxygen atoms in total. The van der Waals surface area contributed by atoms with Crippen molar-refractivity contribution in [3.8, 4) is 0 Å². The van der Waals surface area contributed by atoms with Crippen LogP contribution in [0.15, 0.2) is 23.5 Å². The molecule has 84 valence electrons. The Hall–Kier alpha value is -1.84. The van der Waals surface area contributed by atoms with Crippen LogP contribution in [0.4, 0.5) is 0 Å². The minimum atomic E-state index is -0.555. The van der Waals surface area contributed by atoms with Crippen LogP contribution in [0, 0.1) is 6.92 Å². The molecule has 1 aliphatic rings. The number of ether oxygens (including phenoxy) is 1. The number of rotatable bonds is 1. The summed E-state index contributed by atoms with van der Waals surface area (Å²) in [6.45, 7) is 5.73. The van der Waals surface area contributed by atoms with E-state index in [9.17, 15) is 9.59 Å². The molecule has 0 radical (unpaired) electrons. The molecule has 1 aromatic rings. The molecule has 2 rings (SSSR count). The van der Waals surface area contributed by atoms with Crippen LogP contribution in [0.5, 0.6) is 0 Å². The predicted octanol–water partition coefficient (Wildman–Crippen LogP) is 1.29. The van der Waals surface area contributed by atoms with E-state index in [-0.39, 0.29) is 5.56 Å². The zero-order valence-electron chi connectivity index (χ0n) is 9.32. The highest BCUT2D eigenvalue weighted by Gasteiger charge is 2.32. The summed E-state index contributed by atoms with van der Waals surface area (Å²) in [6, 6.07) is 2.82. The van der Waals surface area contributed by atoms with Crippen molar-refractivity contribution in [1.29, 1.82) is 0 Å². The molecule has 4 heteroatoms. The highest BCUT2D eigenvalue weighted by molar-refractivity contribution is 5.81. The highest BCUT2D eigenvalue weighted by Crippen LogP contribution is 2.33. The van der Waals surface area contributed by atoms with E-state index in [1.54, 1.807) is 0 Å². The third-order valence-corrected chi connectivity index (χ3v) is 2.80. The van der Waals surface area contributed by atoms with Gasteiger partial charge < -0.3 is 4.74 Å². The first-order valence-electron chi connectivity index (χ1n) is 5.03. The van der Waals surface area contributed by atoms with Crippen LogP contribution in [0.1, 0.15) is 23.7 Å². The maximum atomic E-state index is 11.8. The second-order valence-electron chi connectivity index (χ2n) is 3.97. The van der Waals surface area contributed by atoms with Crippen molar-refractivity contribution < 1.29 is 9.53 Å². The number of esters is 1. The molecule has 0 fully saturated rings. The van der Waals surface area contributed by atoms with E-state index in [1.165, 1.54) is 17.7 Å². The summed E-state index contributed by atoms with van der Waals surface area (Å²) in [6.07, 6.45) is 0.450. The molecule has 0 saturated carbocycles. The Bertz CT molecular complexity index is 528. The number of aromatic nitrogens is 1. The molecule has 0 amide bonds. The van der Waals surface area contributed by atoms with Crippen molar-refractivity contribution in [2.45, 2.75) is 19.4 Å². The average molecular weight is 219 g/mol. The van der Waals surface area contributed by atoms with Gasteiger partial charge >= 0.3 is 5.97 Å². The molecule has 0 spiro atoms. The average Bonchev–Trinajstić information content (AvgIpc) is 2.55. The molecule has 1 atom stereocenters. The molecular formula is C12H13NO3. The van der Waals surface area contributed by atoms with Gasteiger partial charge in [-0.05, 0) is 24.1 Å². The summed E-state index contributed by atoms with van der Waals surface area (Å²) in [5.74, 6) is -0.397. The van der Waals surface area contributed by atoms with Crippen molar-refractivity contribution in [3.63, 3.8) is 0 Å². The van der Waals surface area contributed by atoms with E-state index < -0.39 is 12.0 Å². The summed E-state index contributed by atoms with van der Waals surface area (Å²) < 4.78 is 6.14. The Balaban J connectivity index is 2.62. The number of nitrogens with zero attached hydrogens (tertiary/aromatic N) is 1. The number of aryl methyl sites for hydroxylation is 1. The van der Waals surface area contributed by atoms with Crippen molar-refractivity contribution in [2.75, 3.05) is 7.11 Å². The Morgan fingerprint density at radius 2 is 2.25 bits per heavy atom. The third kappa shape index (κ3) is 1.46. The van der Waals surface area contributed by atoms with Crippen molar-refractivity contribution in [2.24, 2.45) is 0 Å². The third-order valence-electron chi connectivity index (χ3n) is 2.80. The Morgan fingerprint density at radius 1 is 1.56 bits per heavy atom. The number of pyridine rings is 1. The number of allylic oxidation sites excluding steroid dienone is 1. The first-order chi connectivity index (χ1) is 7.54. The zero-order chi connectivity index (χ0) is 11.9. The monoisotopic (exact) mass is 219 g/mol. The standard InChI is InChI=1S/C12H13NO3/c1-7-4-9-8(2)6-10(12(15)16-3)13(9)11(14)5-7/h4-5,10H,2,6H2,1,3H3. The van der Waals surface area contributed by atoms with Gasteiger partial charge in [-0.15, -0.1) is 0 Å². The largest absolute Gasteiger partial charge is 0.467 e. The lowest BCUT2D eigenvalue weighted by molar-refractivity contribution is -0.144. The zero-order valence-corrected chi connectivity index (χ0v) is 9.32. The van der Waals surface area contributed by atoms with Gasteiger partial charge in [0.15, 0.2) is 0 Å². The van der Waals surface area contributed by atoms with Crippen LogP contribution in [0.3, 0.4) is 0 Å². The topological polar surface area (TPSA) is 48.3 Å². The molecular weight excluding hydrogens is 206 g/mol. The molecule has 0 aliphatic carbocycles. The lowest BCUT2D eigenvalue weighted by Crippen LogP contribution is -2.28. The Labute approximate surface area is 93.2 Å². The maximum Gasteiger partial charge on any atom is 0.329 e. The molecule has 1 aromatic heterocycles. The predicted molar refractivity (Wildman–Crippen MR) is 60.1 cm³/mol. The van der Waals surface area contributed by atoms with Crippen LogP contribution < -0.4 is 5.56 Å². The number of carbonyl (C=O) groups excluding carboxylic acids is 1. The molecule has 1 unspecified atom stereocenters. The minimum Gasteiger partial charge on any atom is -0.467 e. The molecule has 0 N–H and O–H groups in total. The number of methoxy groups -OCH3 is 1. The normalized spacial score (nSPS) is 18.4. The van der Waals surface area contributed by atoms with E-state index in [0.717, 1.165) is 16.8 Å². The van der Waals surface area contributed by atoms with Crippen LogP contribution in [0.2, 0.25) is 0 Å². The summed E-state index contributed by atoms with van der Waals surface area (Å²) >= 11 is 0. The first kappa shape index (κ1) is 10.7. The summed E-state index contributed by atoms with van der Waals surface area (Å²) in [7, 11) is 1.32. The SMILES string of the molecule is C=C1CC(C(=O)OC)n2c1cc(C)cc2=O. The fraction of sp³-hybridized carbons (Fsp3) is 0.333. The molecule has 1 aliphatic heterocycles. The molecule has 0 aromatic carbocycles. The van der Waals surface area contributed by atoms with Gasteiger partial charge in [0.05, 0.1) is 7.11 Å². The first-order valence-corrected chi connectivity index (χ1v) is 5.03. The molecule has 16 heavy (non-hydrogen) atoms. The van der Waals surface area contributed by atoms with Gasteiger partial charge in [0, 0.05) is 18.2 Å². The summed E-state index contributed by atoms with van der Waals surface area (Å²) in [5.41, 5.74) is 2.24. The summed E-state index contributed by atoms with van der Waals surface area (Å²) in [5, 5.41) is 0. The van der Waals surface area contributed by atoms with Gasteiger partial charge in [0.25, 0.3) is 5.56 Å². The smallest absolute Gasteiger partial charge is 0.329 e. The molecule has 0 saturated heterocycles. The molecule has 0 bridgehead atoms. The maximum absolute atomic E-state index is 11.8. The van der Waals surface area contributed by atoms with E-state index in [0.29, 0.717) is 6.42 Å². The number of fused-ring (bicyclic) bond motifs is 1. The van der Waals surface area contributed by atoms with Gasteiger partial charge in [-0.1, -0.05) is 6.58 Å². The second kappa shape index (κ2) is 3.63. The quantitative estimate of drug-likeness (QED) is 0.669. The number of carbonyl (C=O) groups is 1. The lowest BCUT2D eigenvalue weighted by atomic mass is 10.1. The van der Waals surface area contributed by atoms with Crippen LogP contribution >= 0.6 is 0 Å². The lowest BCUT2D eigenvalue weighted by Gasteiger charge is -2.11. The van der Waals surface area contributed by atoms with E-state index in [4.69, 9.17) is 0 Å². The fourth-order valence-electron chi connectivity index (χ4n) is 2.06. The van der Waals surface area contributed by atoms with Gasteiger partial charge in [-0.25, -0.2) is 4.79 Å². The second-order valence-corrected chi connectivity index (χ2v) is 3.97. The van der Waals surface area contributed by atoms with E-state index in [1.807, 2.05) is 13.0 Å². The summed E-state index contributed by atoms with van der Waals surface area (Å²) in [4.78, 5) is 23.4. The van der Waals surface area contributed by atoms with Crippen molar-refractivity contribution in [1.82, 2.24) is 4.57 Å². The van der Waals surface area contributed by atoms with Crippen molar-refractivity contribution >= 4 is 11.5 Å².